The molecule has 0 saturated heterocycles. The predicted molar refractivity (Wildman–Crippen MR) is 72.7 cm³/mol. The maximum absolute atomic E-state index is 11.9. The van der Waals surface area contributed by atoms with Gasteiger partial charge in [0.25, 0.3) is 0 Å². The fourth-order valence-electron chi connectivity index (χ4n) is 0.905. The number of sulfone groups is 1. The third kappa shape index (κ3) is 5.13. The molecule has 11 heteroatoms. The topological polar surface area (TPSA) is 83.5 Å². The van der Waals surface area contributed by atoms with E-state index in [2.05, 4.69) is 52.0 Å². The van der Waals surface area contributed by atoms with Crippen molar-refractivity contribution in [3.05, 3.63) is 24.3 Å². The van der Waals surface area contributed by atoms with Crippen LogP contribution in [0.3, 0.4) is 0 Å². The Hall–Kier alpha value is 1.52. The Morgan fingerprint density at radius 3 is 2.28 bits per heavy atom. The molecule has 1 rings (SSSR count). The summed E-state index contributed by atoms with van der Waals surface area (Å²) in [5.74, 6) is -0.0869. The molecule has 96 valence electrons. The Morgan fingerprint density at radius 1 is 1.28 bits per heavy atom. The standard InChI is InChI=1S/C7H5Br3O5S2.Na/c8-7(9,10)17(13,14)6-3-1-2-5(4-6)15-16(11)12;/h1-4H,(H,11,12);/q;+1/p-1. The zero-order chi connectivity index (χ0) is 13.3. The molecule has 1 unspecified atom stereocenters. The van der Waals surface area contributed by atoms with E-state index in [1.54, 1.807) is 0 Å². The molecule has 18 heavy (non-hydrogen) atoms. The Balaban J connectivity index is 0.00000289. The average molecular weight is 495 g/mol. The summed E-state index contributed by atoms with van der Waals surface area (Å²) in [5.41, 5.74) is 0. The van der Waals surface area contributed by atoms with Gasteiger partial charge in [0.2, 0.25) is 11.3 Å². The molecule has 0 aliphatic carbocycles. The van der Waals surface area contributed by atoms with Gasteiger partial charge >= 0.3 is 29.6 Å². The van der Waals surface area contributed by atoms with Gasteiger partial charge in [0, 0.05) is 6.07 Å². The van der Waals surface area contributed by atoms with Crippen LogP contribution < -0.4 is 33.7 Å². The van der Waals surface area contributed by atoms with E-state index >= 15 is 0 Å². The van der Waals surface area contributed by atoms with Crippen molar-refractivity contribution < 1.29 is 50.9 Å². The largest absolute Gasteiger partial charge is 1.00 e. The van der Waals surface area contributed by atoms with E-state index in [0.29, 0.717) is 0 Å². The van der Waals surface area contributed by atoms with Crippen molar-refractivity contribution in [3.8, 4) is 5.75 Å². The van der Waals surface area contributed by atoms with E-state index in [0.717, 1.165) is 6.07 Å². The van der Waals surface area contributed by atoms with Crippen LogP contribution in [0.25, 0.3) is 0 Å². The third-order valence-corrected chi connectivity index (χ3v) is 7.23. The Kier molecular flexibility index (Phi) is 8.14. The normalized spacial score (nSPS) is 13.6. The maximum atomic E-state index is 11.9. The molecule has 5 nitrogen and oxygen atoms in total. The second-order valence-electron chi connectivity index (χ2n) is 2.71. The Labute approximate surface area is 154 Å². The molecule has 0 fully saturated rings. The van der Waals surface area contributed by atoms with Crippen molar-refractivity contribution in [1.29, 1.82) is 0 Å². The Bertz CT molecular complexity index is 542. The Morgan fingerprint density at radius 2 is 1.83 bits per heavy atom. The van der Waals surface area contributed by atoms with Crippen LogP contribution in [0, 0.1) is 0 Å². The van der Waals surface area contributed by atoms with Crippen LogP contribution in [-0.2, 0) is 21.2 Å². The van der Waals surface area contributed by atoms with Gasteiger partial charge in [0.15, 0.2) is 0 Å². The molecule has 0 aliphatic rings. The fraction of sp³-hybridized carbons (Fsp3) is 0.143. The van der Waals surface area contributed by atoms with E-state index in [1.165, 1.54) is 18.2 Å². The van der Waals surface area contributed by atoms with Crippen LogP contribution >= 0.6 is 47.8 Å². The van der Waals surface area contributed by atoms with Crippen molar-refractivity contribution in [1.82, 2.24) is 0 Å². The summed E-state index contributed by atoms with van der Waals surface area (Å²) in [6.45, 7) is 0. The van der Waals surface area contributed by atoms with E-state index in [-0.39, 0.29) is 40.2 Å². The smallest absolute Gasteiger partial charge is 0.740 e. The second kappa shape index (κ2) is 7.51. The third-order valence-electron chi connectivity index (χ3n) is 1.58. The number of hydrogen-bond acceptors (Lipinski definition) is 5. The summed E-state index contributed by atoms with van der Waals surface area (Å²) in [6.07, 6.45) is 0. The molecule has 1 atom stereocenters. The molecule has 0 aliphatic heterocycles. The van der Waals surface area contributed by atoms with E-state index in [9.17, 15) is 17.2 Å². The summed E-state index contributed by atoms with van der Waals surface area (Å²) >= 11 is 5.93. The van der Waals surface area contributed by atoms with Crippen LogP contribution in [0.5, 0.6) is 5.75 Å². The SMILES string of the molecule is O=S([O-])Oc1cccc(S(=O)(=O)C(Br)(Br)Br)c1.[Na+]. The fourth-order valence-corrected chi connectivity index (χ4v) is 3.64. The monoisotopic (exact) mass is 492 g/mol. The van der Waals surface area contributed by atoms with Crippen LogP contribution in [0.15, 0.2) is 29.2 Å². The molecular formula is C7H4Br3NaO5S2. The zero-order valence-corrected chi connectivity index (χ0v) is 17.2. The molecule has 1 aromatic carbocycles. The summed E-state index contributed by atoms with van der Waals surface area (Å²) < 4.78 is 47.4. The first kappa shape index (κ1) is 19.5. The van der Waals surface area contributed by atoms with Crippen molar-refractivity contribution >= 4 is 69.0 Å². The minimum atomic E-state index is -3.77. The molecular weight excluding hydrogens is 491 g/mol. The first-order valence-electron chi connectivity index (χ1n) is 3.83. The van der Waals surface area contributed by atoms with Crippen LogP contribution in [0.1, 0.15) is 0 Å². The molecule has 0 amide bonds. The first-order valence-corrected chi connectivity index (χ1v) is 8.70. The quantitative estimate of drug-likeness (QED) is 0.319. The molecule has 0 aromatic heterocycles. The summed E-state index contributed by atoms with van der Waals surface area (Å²) in [7, 11) is -3.77. The average Bonchev–Trinajstić information content (AvgIpc) is 2.15. The number of alkyl halides is 3. The van der Waals surface area contributed by atoms with Crippen molar-refractivity contribution in [3.63, 3.8) is 0 Å². The molecule has 0 spiro atoms. The molecule has 0 heterocycles. The van der Waals surface area contributed by atoms with Gasteiger partial charge in [-0.1, -0.05) is 6.07 Å². The van der Waals surface area contributed by atoms with Crippen LogP contribution in [0.4, 0.5) is 0 Å². The maximum Gasteiger partial charge on any atom is 1.00 e. The van der Waals surface area contributed by atoms with Gasteiger partial charge in [-0.25, -0.2) is 12.6 Å². The molecule has 0 saturated carbocycles. The van der Waals surface area contributed by atoms with Crippen molar-refractivity contribution in [2.75, 3.05) is 0 Å². The number of halogens is 3. The van der Waals surface area contributed by atoms with Crippen LogP contribution in [0.2, 0.25) is 0 Å². The van der Waals surface area contributed by atoms with E-state index < -0.39 is 22.7 Å². The van der Waals surface area contributed by atoms with Gasteiger partial charge in [0.05, 0.1) is 4.90 Å². The van der Waals surface area contributed by atoms with Gasteiger partial charge in [-0.3, -0.25) is 0 Å². The van der Waals surface area contributed by atoms with Gasteiger partial charge in [-0.05, 0) is 59.9 Å². The van der Waals surface area contributed by atoms with E-state index in [1.807, 2.05) is 0 Å². The summed E-state index contributed by atoms with van der Waals surface area (Å²) in [4.78, 5) is -0.105. The molecule has 0 bridgehead atoms. The molecule has 0 N–H and O–H groups in total. The van der Waals surface area contributed by atoms with Crippen molar-refractivity contribution in [2.45, 2.75) is 6.37 Å². The van der Waals surface area contributed by atoms with Gasteiger partial charge < -0.3 is 8.74 Å². The van der Waals surface area contributed by atoms with E-state index in [4.69, 9.17) is 0 Å². The number of benzene rings is 1. The minimum absolute atomic E-state index is 0. The van der Waals surface area contributed by atoms with Gasteiger partial charge in [-0.15, -0.1) is 0 Å². The van der Waals surface area contributed by atoms with Crippen molar-refractivity contribution in [2.24, 2.45) is 0 Å². The minimum Gasteiger partial charge on any atom is -0.740 e. The zero-order valence-electron chi connectivity index (χ0n) is 8.80. The first-order chi connectivity index (χ1) is 7.64. The summed E-state index contributed by atoms with van der Waals surface area (Å²) in [5, 5.41) is 0. The number of rotatable bonds is 3. The van der Waals surface area contributed by atoms with Crippen LogP contribution in [-0.4, -0.2) is 18.7 Å². The molecule has 0 radical (unpaired) electrons. The number of hydrogen-bond donors (Lipinski definition) is 0. The van der Waals surface area contributed by atoms with Gasteiger partial charge in [0.1, 0.15) is 17.1 Å². The molecule has 1 aromatic rings. The second-order valence-corrected chi connectivity index (χ2v) is 13.7. The predicted octanol–water partition coefficient (Wildman–Crippen LogP) is -0.567. The summed E-state index contributed by atoms with van der Waals surface area (Å²) in [6, 6.07) is 5.11. The van der Waals surface area contributed by atoms with Gasteiger partial charge in [-0.2, -0.15) is 0 Å².